The van der Waals surface area contributed by atoms with Crippen molar-refractivity contribution in [3.8, 4) is 0 Å². The van der Waals surface area contributed by atoms with Crippen LogP contribution in [-0.2, 0) is 6.54 Å². The zero-order valence-corrected chi connectivity index (χ0v) is 10.9. The van der Waals surface area contributed by atoms with Crippen LogP contribution in [0.1, 0.15) is 12.8 Å². The number of aromatic nitrogens is 1. The molecule has 19 heavy (non-hydrogen) atoms. The van der Waals surface area contributed by atoms with E-state index in [4.69, 9.17) is 8.83 Å². The molecule has 2 aromatic heterocycles. The summed E-state index contributed by atoms with van der Waals surface area (Å²) in [5, 5.41) is 2.25. The Hall–Kier alpha value is -2.29. The van der Waals surface area contributed by atoms with E-state index in [9.17, 15) is 0 Å². The van der Waals surface area contributed by atoms with Crippen molar-refractivity contribution in [2.45, 2.75) is 20.4 Å². The maximum Gasteiger partial charge on any atom is 0.344 e. The number of hydrogen-bond donors (Lipinski definition) is 0. The van der Waals surface area contributed by atoms with Gasteiger partial charge in [0.2, 0.25) is 5.58 Å². The first kappa shape index (κ1) is 10.6. The lowest BCUT2D eigenvalue weighted by atomic mass is 10.1. The lowest BCUT2D eigenvalue weighted by Crippen LogP contribution is -2.33. The van der Waals surface area contributed by atoms with Gasteiger partial charge in [-0.05, 0) is 19.1 Å². The monoisotopic (exact) mass is 252 g/mol. The van der Waals surface area contributed by atoms with Gasteiger partial charge in [-0.15, -0.1) is 0 Å². The van der Waals surface area contributed by atoms with Crippen molar-refractivity contribution in [2.24, 2.45) is 0 Å². The molecule has 0 aliphatic heterocycles. The molecule has 4 rings (SSSR count). The Bertz CT molecular complexity index is 915. The molecule has 0 fully saturated rings. The second-order valence-corrected chi connectivity index (χ2v) is 4.78. The Labute approximate surface area is 110 Å². The van der Waals surface area contributed by atoms with E-state index in [1.807, 2.05) is 25.1 Å². The van der Waals surface area contributed by atoms with Gasteiger partial charge in [-0.3, -0.25) is 0 Å². The van der Waals surface area contributed by atoms with Crippen LogP contribution in [0, 0.1) is 6.92 Å². The molecule has 4 aromatic rings. The summed E-state index contributed by atoms with van der Waals surface area (Å²) in [5.74, 6) is 0.925. The molecule has 0 amide bonds. The number of para-hydroxylation sites is 1. The minimum absolute atomic E-state index is 0.893. The predicted molar refractivity (Wildman–Crippen MR) is 74.1 cm³/mol. The van der Waals surface area contributed by atoms with Gasteiger partial charge in [0, 0.05) is 10.8 Å². The molecule has 94 valence electrons. The molecule has 0 bridgehead atoms. The summed E-state index contributed by atoms with van der Waals surface area (Å²) >= 11 is 0. The molecule has 2 aromatic carbocycles. The first-order chi connectivity index (χ1) is 9.28. The summed E-state index contributed by atoms with van der Waals surface area (Å²) in [6.07, 6.45) is 0. The van der Waals surface area contributed by atoms with Gasteiger partial charge in [0.05, 0.1) is 13.0 Å². The quantitative estimate of drug-likeness (QED) is 0.480. The third kappa shape index (κ3) is 1.35. The third-order valence-electron chi connectivity index (χ3n) is 3.70. The van der Waals surface area contributed by atoms with Crippen LogP contribution in [0.15, 0.2) is 45.2 Å². The van der Waals surface area contributed by atoms with E-state index < -0.39 is 0 Å². The van der Waals surface area contributed by atoms with E-state index in [2.05, 4.69) is 29.7 Å². The average molecular weight is 252 g/mol. The van der Waals surface area contributed by atoms with Crippen LogP contribution < -0.4 is 4.57 Å². The fourth-order valence-electron chi connectivity index (χ4n) is 2.81. The molecular weight excluding hydrogens is 238 g/mol. The molecule has 0 saturated heterocycles. The largest absolute Gasteiger partial charge is 0.456 e. The van der Waals surface area contributed by atoms with Gasteiger partial charge in [0.25, 0.3) is 5.52 Å². The smallest absolute Gasteiger partial charge is 0.344 e. The first-order valence-electron chi connectivity index (χ1n) is 6.52. The highest BCUT2D eigenvalue weighted by Gasteiger charge is 2.20. The second kappa shape index (κ2) is 3.60. The number of nitrogens with zero attached hydrogens (tertiary/aromatic N) is 1. The molecule has 0 radical (unpaired) electrons. The normalized spacial score (nSPS) is 11.9. The Balaban J connectivity index is 2.20. The summed E-state index contributed by atoms with van der Waals surface area (Å²) < 4.78 is 13.9. The Kier molecular flexibility index (Phi) is 2.01. The molecule has 0 N–H and O–H groups in total. The van der Waals surface area contributed by atoms with Crippen LogP contribution >= 0.6 is 0 Å². The average Bonchev–Trinajstić information content (AvgIpc) is 2.92. The van der Waals surface area contributed by atoms with Crippen molar-refractivity contribution in [3.05, 3.63) is 42.3 Å². The summed E-state index contributed by atoms with van der Waals surface area (Å²) in [5.41, 5.74) is 3.84. The van der Waals surface area contributed by atoms with Crippen molar-refractivity contribution in [1.82, 2.24) is 0 Å². The summed E-state index contributed by atoms with van der Waals surface area (Å²) in [4.78, 5) is 0. The van der Waals surface area contributed by atoms with E-state index >= 15 is 0 Å². The fourth-order valence-corrected chi connectivity index (χ4v) is 2.81. The van der Waals surface area contributed by atoms with Crippen molar-refractivity contribution < 1.29 is 13.4 Å². The molecule has 2 heterocycles. The molecule has 0 atom stereocenters. The van der Waals surface area contributed by atoms with Gasteiger partial charge in [0.15, 0.2) is 0 Å². The topological polar surface area (TPSA) is 30.2 Å². The summed E-state index contributed by atoms with van der Waals surface area (Å²) in [6.45, 7) is 5.00. The van der Waals surface area contributed by atoms with Crippen LogP contribution in [0.25, 0.3) is 33.0 Å². The predicted octanol–water partition coefficient (Wildman–Crippen LogP) is 3.95. The molecule has 0 unspecified atom stereocenters. The Morgan fingerprint density at radius 2 is 1.79 bits per heavy atom. The van der Waals surface area contributed by atoms with E-state index in [1.165, 1.54) is 0 Å². The first-order valence-corrected chi connectivity index (χ1v) is 6.52. The highest BCUT2D eigenvalue weighted by molar-refractivity contribution is 6.08. The number of hydrogen-bond acceptors (Lipinski definition) is 2. The maximum absolute atomic E-state index is 5.91. The number of oxazole rings is 1. The number of benzene rings is 2. The third-order valence-corrected chi connectivity index (χ3v) is 3.70. The minimum Gasteiger partial charge on any atom is -0.456 e. The maximum atomic E-state index is 5.91. The Morgan fingerprint density at radius 1 is 0.947 bits per heavy atom. The number of rotatable bonds is 1. The number of furan rings is 1. The van der Waals surface area contributed by atoms with Gasteiger partial charge < -0.3 is 8.83 Å². The zero-order chi connectivity index (χ0) is 13.0. The van der Waals surface area contributed by atoms with E-state index in [-0.39, 0.29) is 0 Å². The molecule has 3 nitrogen and oxygen atoms in total. The zero-order valence-electron chi connectivity index (χ0n) is 10.9. The molecule has 0 aliphatic carbocycles. The van der Waals surface area contributed by atoms with Gasteiger partial charge in [-0.25, -0.2) is 0 Å². The fraction of sp³-hybridized carbons (Fsp3) is 0.188. The second-order valence-electron chi connectivity index (χ2n) is 4.78. The van der Waals surface area contributed by atoms with Crippen LogP contribution in [0.5, 0.6) is 0 Å². The van der Waals surface area contributed by atoms with Crippen molar-refractivity contribution in [1.29, 1.82) is 0 Å². The number of fused-ring (bicyclic) bond motifs is 4. The van der Waals surface area contributed by atoms with E-state index in [0.717, 1.165) is 45.5 Å². The van der Waals surface area contributed by atoms with Gasteiger partial charge >= 0.3 is 5.89 Å². The Morgan fingerprint density at radius 3 is 2.63 bits per heavy atom. The van der Waals surface area contributed by atoms with Crippen LogP contribution in [0.3, 0.4) is 0 Å². The molecule has 0 saturated carbocycles. The van der Waals surface area contributed by atoms with Crippen LogP contribution in [0.4, 0.5) is 0 Å². The standard InChI is InChI=1S/C16H14NO2/c1-3-17-10(2)18-16-8-12-11-6-4-5-7-14(11)19-15(12)9-13(16)17/h4-9H,3H2,1-2H3/q+1. The van der Waals surface area contributed by atoms with Crippen LogP contribution in [-0.4, -0.2) is 0 Å². The van der Waals surface area contributed by atoms with Crippen molar-refractivity contribution >= 4 is 33.0 Å². The molecule has 0 spiro atoms. The minimum atomic E-state index is 0.893. The highest BCUT2D eigenvalue weighted by atomic mass is 16.4. The molecular formula is C16H14NO2+. The summed E-state index contributed by atoms with van der Waals surface area (Å²) in [7, 11) is 0. The van der Waals surface area contributed by atoms with E-state index in [1.54, 1.807) is 0 Å². The van der Waals surface area contributed by atoms with Gasteiger partial charge in [0.1, 0.15) is 17.7 Å². The van der Waals surface area contributed by atoms with Gasteiger partial charge in [-0.1, -0.05) is 18.2 Å². The van der Waals surface area contributed by atoms with Crippen molar-refractivity contribution in [3.63, 3.8) is 0 Å². The van der Waals surface area contributed by atoms with E-state index in [0.29, 0.717) is 0 Å². The summed E-state index contributed by atoms with van der Waals surface area (Å²) in [6, 6.07) is 12.2. The van der Waals surface area contributed by atoms with Crippen molar-refractivity contribution in [2.75, 3.05) is 0 Å². The lowest BCUT2D eigenvalue weighted by molar-refractivity contribution is -0.679. The van der Waals surface area contributed by atoms with Crippen LogP contribution in [0.2, 0.25) is 0 Å². The SMILES string of the molecule is CC[n+]1c(C)oc2cc3c(cc21)oc1ccccc13. The number of aryl methyl sites for hydroxylation is 2. The highest BCUT2D eigenvalue weighted by Crippen LogP contribution is 2.31. The lowest BCUT2D eigenvalue weighted by Gasteiger charge is -1.89. The molecule has 3 heteroatoms. The van der Waals surface area contributed by atoms with Gasteiger partial charge in [-0.2, -0.15) is 4.57 Å². The molecule has 0 aliphatic rings.